The maximum absolute atomic E-state index is 11.8. The summed E-state index contributed by atoms with van der Waals surface area (Å²) in [5, 5.41) is 23.7. The molecule has 0 N–H and O–H groups in total. The Labute approximate surface area is 273 Å². The summed E-state index contributed by atoms with van der Waals surface area (Å²) in [6, 6.07) is 27.4. The zero-order chi connectivity index (χ0) is 27.3. The van der Waals surface area contributed by atoms with Gasteiger partial charge in [-0.3, -0.25) is 9.98 Å². The fraction of sp³-hybridized carbons (Fsp3) is 0.133. The van der Waals surface area contributed by atoms with Crippen LogP contribution >= 0.6 is 63.7 Å². The van der Waals surface area contributed by atoms with E-state index in [1.807, 2.05) is 36.4 Å². The first-order chi connectivity index (χ1) is 18.3. The van der Waals surface area contributed by atoms with Gasteiger partial charge < -0.3 is 10.2 Å². The molecule has 0 bridgehead atoms. The van der Waals surface area contributed by atoms with E-state index in [-0.39, 0.29) is 28.3 Å². The number of hydrogen-bond donors (Lipinski definition) is 0. The fourth-order valence-corrected chi connectivity index (χ4v) is 5.87. The van der Waals surface area contributed by atoms with Crippen molar-refractivity contribution < 1.29 is 27.0 Å². The van der Waals surface area contributed by atoms with Crippen molar-refractivity contribution in [1.82, 2.24) is 0 Å². The minimum Gasteiger partial charge on any atom is -0.871 e. The SMILES string of the molecule is [Co+2].[O-]c1c(Br)cc(Br)cc1C=NCCc1ccccc1.[O-]c1c(Br)cc(Br)cc1C=NCCc1ccccc1. The molecule has 0 saturated heterocycles. The van der Waals surface area contributed by atoms with Gasteiger partial charge in [0.25, 0.3) is 0 Å². The first-order valence-electron chi connectivity index (χ1n) is 11.7. The van der Waals surface area contributed by atoms with Gasteiger partial charge in [-0.1, -0.05) is 136 Å². The number of hydrogen-bond acceptors (Lipinski definition) is 4. The smallest absolute Gasteiger partial charge is 0.871 e. The molecule has 0 amide bonds. The second-order valence-electron chi connectivity index (χ2n) is 8.15. The molecule has 0 unspecified atom stereocenters. The predicted molar refractivity (Wildman–Crippen MR) is 168 cm³/mol. The van der Waals surface area contributed by atoms with Gasteiger partial charge in [0.2, 0.25) is 0 Å². The average molecular weight is 823 g/mol. The summed E-state index contributed by atoms with van der Waals surface area (Å²) in [5.41, 5.74) is 3.68. The molecule has 4 aromatic carbocycles. The molecule has 4 rings (SSSR count). The molecular formula is C30H24Br4CoN2O2. The van der Waals surface area contributed by atoms with Gasteiger partial charge in [-0.05, 0) is 59.4 Å². The van der Waals surface area contributed by atoms with Crippen LogP contribution < -0.4 is 10.2 Å². The molecule has 0 aliphatic rings. The summed E-state index contributed by atoms with van der Waals surface area (Å²) < 4.78 is 2.82. The van der Waals surface area contributed by atoms with Gasteiger partial charge in [0.1, 0.15) is 0 Å². The largest absolute Gasteiger partial charge is 2.00 e. The summed E-state index contributed by atoms with van der Waals surface area (Å²) in [6.07, 6.45) is 5.03. The number of aliphatic imine (C=N–C) groups is 2. The fourth-order valence-electron chi connectivity index (χ4n) is 3.35. The minimum atomic E-state index is -0.0355. The molecule has 0 fully saturated rings. The second-order valence-corrected chi connectivity index (χ2v) is 11.7. The Morgan fingerprint density at radius 2 is 0.923 bits per heavy atom. The molecule has 39 heavy (non-hydrogen) atoms. The van der Waals surface area contributed by atoms with E-state index in [1.54, 1.807) is 36.7 Å². The van der Waals surface area contributed by atoms with Crippen molar-refractivity contribution in [1.29, 1.82) is 0 Å². The first-order valence-corrected chi connectivity index (χ1v) is 14.9. The summed E-state index contributed by atoms with van der Waals surface area (Å²) in [4.78, 5) is 8.63. The number of rotatable bonds is 8. The van der Waals surface area contributed by atoms with Crippen LogP contribution in [0, 0.1) is 0 Å². The summed E-state index contributed by atoms with van der Waals surface area (Å²) in [6.45, 7) is 1.35. The van der Waals surface area contributed by atoms with E-state index in [2.05, 4.69) is 98.0 Å². The third-order valence-electron chi connectivity index (χ3n) is 5.28. The summed E-state index contributed by atoms with van der Waals surface area (Å²) >= 11 is 13.2. The van der Waals surface area contributed by atoms with E-state index in [9.17, 15) is 10.2 Å². The molecule has 0 aliphatic carbocycles. The molecule has 0 aromatic heterocycles. The third kappa shape index (κ3) is 11.7. The molecule has 203 valence electrons. The predicted octanol–water partition coefficient (Wildman–Crippen LogP) is 7.89. The van der Waals surface area contributed by atoms with Crippen LogP contribution in [-0.4, -0.2) is 25.5 Å². The first kappa shape index (κ1) is 33.5. The summed E-state index contributed by atoms with van der Waals surface area (Å²) in [7, 11) is 0. The number of benzene rings is 4. The molecule has 0 saturated carbocycles. The Kier molecular flexibility index (Phi) is 15.3. The number of halogens is 4. The Balaban J connectivity index is 0.000000267. The summed E-state index contributed by atoms with van der Waals surface area (Å²) in [5.74, 6) is -0.0710. The van der Waals surface area contributed by atoms with Crippen molar-refractivity contribution >= 4 is 76.1 Å². The van der Waals surface area contributed by atoms with Gasteiger partial charge >= 0.3 is 16.8 Å². The van der Waals surface area contributed by atoms with Crippen LogP contribution in [0.25, 0.3) is 0 Å². The van der Waals surface area contributed by atoms with Gasteiger partial charge in [0.05, 0.1) is 0 Å². The molecular weight excluding hydrogens is 799 g/mol. The van der Waals surface area contributed by atoms with E-state index in [0.29, 0.717) is 33.2 Å². The normalized spacial score (nSPS) is 10.8. The maximum atomic E-state index is 11.8. The molecule has 0 aliphatic heterocycles. The molecule has 0 atom stereocenters. The molecule has 9 heteroatoms. The van der Waals surface area contributed by atoms with Crippen LogP contribution in [0.4, 0.5) is 0 Å². The molecule has 0 spiro atoms. The Morgan fingerprint density at radius 1 is 0.564 bits per heavy atom. The van der Waals surface area contributed by atoms with E-state index in [0.717, 1.165) is 21.8 Å². The van der Waals surface area contributed by atoms with Crippen molar-refractivity contribution in [3.63, 3.8) is 0 Å². The zero-order valence-electron chi connectivity index (χ0n) is 20.6. The minimum absolute atomic E-state index is 0. The van der Waals surface area contributed by atoms with E-state index >= 15 is 0 Å². The molecule has 1 radical (unpaired) electrons. The topological polar surface area (TPSA) is 70.8 Å². The van der Waals surface area contributed by atoms with E-state index in [4.69, 9.17) is 0 Å². The quantitative estimate of drug-likeness (QED) is 0.170. The van der Waals surface area contributed by atoms with E-state index in [1.165, 1.54) is 11.1 Å². The average Bonchev–Trinajstić information content (AvgIpc) is 2.91. The Bertz CT molecular complexity index is 1280. The molecule has 4 aromatic rings. The van der Waals surface area contributed by atoms with Gasteiger partial charge in [-0.25, -0.2) is 0 Å². The number of nitrogens with zero attached hydrogens (tertiary/aromatic N) is 2. The zero-order valence-corrected chi connectivity index (χ0v) is 28.0. The van der Waals surface area contributed by atoms with Crippen LogP contribution in [0.3, 0.4) is 0 Å². The molecule has 0 heterocycles. The van der Waals surface area contributed by atoms with Crippen LogP contribution in [0.1, 0.15) is 22.3 Å². The van der Waals surface area contributed by atoms with Crippen molar-refractivity contribution in [2.24, 2.45) is 9.98 Å². The van der Waals surface area contributed by atoms with E-state index < -0.39 is 0 Å². The third-order valence-corrected chi connectivity index (χ3v) is 7.37. The van der Waals surface area contributed by atoms with Crippen molar-refractivity contribution in [3.8, 4) is 11.5 Å². The van der Waals surface area contributed by atoms with Crippen molar-refractivity contribution in [3.05, 3.63) is 125 Å². The van der Waals surface area contributed by atoms with Gasteiger partial charge in [-0.15, -0.1) is 0 Å². The standard InChI is InChI=1S/2C15H13Br2NO.Co/c2*16-13-8-12(15(19)14(17)9-13)10-18-7-6-11-4-2-1-3-5-11;/h2*1-5,8-10,19H,6-7H2;/q;;+2/p-2. The molecule has 4 nitrogen and oxygen atoms in total. The maximum Gasteiger partial charge on any atom is 2.00 e. The van der Waals surface area contributed by atoms with Gasteiger partial charge in [0.15, 0.2) is 0 Å². The van der Waals surface area contributed by atoms with Crippen molar-refractivity contribution in [2.75, 3.05) is 13.1 Å². The van der Waals surface area contributed by atoms with Crippen LogP contribution in [0.5, 0.6) is 11.5 Å². The van der Waals surface area contributed by atoms with Crippen LogP contribution in [0.15, 0.2) is 113 Å². The van der Waals surface area contributed by atoms with Crippen LogP contribution in [-0.2, 0) is 29.6 Å². The second kappa shape index (κ2) is 17.8. The van der Waals surface area contributed by atoms with Crippen LogP contribution in [0.2, 0.25) is 0 Å². The Hall–Kier alpha value is -1.75. The monoisotopic (exact) mass is 819 g/mol. The Morgan fingerprint density at radius 3 is 1.28 bits per heavy atom. The van der Waals surface area contributed by atoms with Gasteiger partial charge in [-0.2, -0.15) is 0 Å². The van der Waals surface area contributed by atoms with Gasteiger partial charge in [0, 0.05) is 43.4 Å². The van der Waals surface area contributed by atoms with Crippen molar-refractivity contribution in [2.45, 2.75) is 12.8 Å².